The summed E-state index contributed by atoms with van der Waals surface area (Å²) in [6, 6.07) is 5.12. The number of amides is 1. The van der Waals surface area contributed by atoms with E-state index in [0.29, 0.717) is 6.42 Å². The Hall–Kier alpha value is -1.62. The number of nitrogens with one attached hydrogen (secondary N) is 1. The molecule has 106 valence electrons. The van der Waals surface area contributed by atoms with E-state index in [2.05, 4.69) is 10.3 Å². The third-order valence-electron chi connectivity index (χ3n) is 2.44. The Bertz CT molecular complexity index is 399. The predicted octanol–water partition coefficient (Wildman–Crippen LogP) is 1.90. The zero-order chi connectivity index (χ0) is 14.5. The Kier molecular flexibility index (Phi) is 5.30. The van der Waals surface area contributed by atoms with Gasteiger partial charge in [-0.2, -0.15) is 0 Å². The number of alkyl carbamates (subject to hydrolysis) is 1. The van der Waals surface area contributed by atoms with E-state index in [-0.39, 0.29) is 0 Å². The molecule has 0 spiro atoms. The lowest BCUT2D eigenvalue weighted by Gasteiger charge is -2.25. The van der Waals surface area contributed by atoms with Crippen LogP contribution in [0.5, 0.6) is 0 Å². The zero-order valence-corrected chi connectivity index (χ0v) is 11.9. The Labute approximate surface area is 114 Å². The lowest BCUT2D eigenvalue weighted by Crippen LogP contribution is -2.45. The quantitative estimate of drug-likeness (QED) is 0.873. The Balaban J connectivity index is 2.61. The number of aromatic nitrogens is 1. The molecule has 2 N–H and O–H groups in total. The maximum atomic E-state index is 11.7. The Morgan fingerprint density at radius 1 is 1.47 bits per heavy atom. The van der Waals surface area contributed by atoms with Gasteiger partial charge in [0.2, 0.25) is 0 Å². The van der Waals surface area contributed by atoms with Gasteiger partial charge in [-0.05, 0) is 39.8 Å². The fraction of sp³-hybridized carbons (Fsp3) is 0.571. The van der Waals surface area contributed by atoms with Crippen LogP contribution in [0.4, 0.5) is 4.79 Å². The number of hydrogen-bond acceptors (Lipinski definition) is 4. The average Bonchev–Trinajstić information content (AvgIpc) is 2.26. The second-order valence-corrected chi connectivity index (χ2v) is 5.52. The summed E-state index contributed by atoms with van der Waals surface area (Å²) in [5.74, 6) is 0. The van der Waals surface area contributed by atoms with Gasteiger partial charge < -0.3 is 15.2 Å². The van der Waals surface area contributed by atoms with Crippen LogP contribution in [-0.4, -0.2) is 33.9 Å². The predicted molar refractivity (Wildman–Crippen MR) is 72.8 cm³/mol. The molecular formula is C14H22N2O3. The van der Waals surface area contributed by atoms with Crippen LogP contribution in [0.2, 0.25) is 0 Å². The fourth-order valence-corrected chi connectivity index (χ4v) is 1.55. The smallest absolute Gasteiger partial charge is 0.407 e. The highest BCUT2D eigenvalue weighted by molar-refractivity contribution is 5.68. The number of carbonyl (C=O) groups excluding carboxylic acids is 1. The van der Waals surface area contributed by atoms with Gasteiger partial charge in [0.15, 0.2) is 0 Å². The van der Waals surface area contributed by atoms with Crippen molar-refractivity contribution in [1.29, 1.82) is 0 Å². The molecule has 1 aromatic rings. The molecule has 0 aliphatic heterocycles. The molecule has 0 radical (unpaired) electrons. The number of rotatable bonds is 4. The molecule has 0 bridgehead atoms. The van der Waals surface area contributed by atoms with E-state index in [9.17, 15) is 9.90 Å². The second-order valence-electron chi connectivity index (χ2n) is 5.52. The summed E-state index contributed by atoms with van der Waals surface area (Å²) >= 11 is 0. The molecule has 19 heavy (non-hydrogen) atoms. The largest absolute Gasteiger partial charge is 0.444 e. The highest BCUT2D eigenvalue weighted by atomic mass is 16.6. The van der Waals surface area contributed by atoms with Crippen LogP contribution in [0, 0.1) is 0 Å². The molecule has 5 nitrogen and oxygen atoms in total. The van der Waals surface area contributed by atoms with Crippen molar-refractivity contribution in [2.24, 2.45) is 0 Å². The number of pyridine rings is 1. The molecule has 1 amide bonds. The first-order chi connectivity index (χ1) is 8.78. The first kappa shape index (κ1) is 15.4. The van der Waals surface area contributed by atoms with Gasteiger partial charge in [-0.15, -0.1) is 0 Å². The molecule has 1 rings (SSSR count). The summed E-state index contributed by atoms with van der Waals surface area (Å²) in [5.41, 5.74) is 0.252. The van der Waals surface area contributed by atoms with Crippen molar-refractivity contribution in [3.8, 4) is 0 Å². The molecular weight excluding hydrogens is 244 g/mol. The van der Waals surface area contributed by atoms with Crippen molar-refractivity contribution >= 4 is 6.09 Å². The van der Waals surface area contributed by atoms with E-state index in [1.165, 1.54) is 0 Å². The molecule has 5 heteroatoms. The third kappa shape index (κ3) is 6.20. The van der Waals surface area contributed by atoms with Gasteiger partial charge in [0.1, 0.15) is 5.60 Å². The monoisotopic (exact) mass is 266 g/mol. The summed E-state index contributed by atoms with van der Waals surface area (Å²) in [6.45, 7) is 7.01. The van der Waals surface area contributed by atoms with Gasteiger partial charge in [-0.1, -0.05) is 6.07 Å². The fourth-order valence-electron chi connectivity index (χ4n) is 1.55. The maximum absolute atomic E-state index is 11.7. The lowest BCUT2D eigenvalue weighted by atomic mass is 10.1. The van der Waals surface area contributed by atoms with Crippen molar-refractivity contribution in [3.63, 3.8) is 0 Å². The number of hydrogen-bond donors (Lipinski definition) is 2. The van der Waals surface area contributed by atoms with Gasteiger partial charge in [-0.3, -0.25) is 4.98 Å². The first-order valence-electron chi connectivity index (χ1n) is 6.35. The summed E-state index contributed by atoms with van der Waals surface area (Å²) in [4.78, 5) is 15.9. The molecule has 0 aromatic carbocycles. The Morgan fingerprint density at radius 3 is 2.63 bits per heavy atom. The van der Waals surface area contributed by atoms with Crippen molar-refractivity contribution in [2.75, 3.05) is 0 Å². The number of nitrogens with zero attached hydrogens (tertiary/aromatic N) is 1. The summed E-state index contributed by atoms with van der Waals surface area (Å²) in [6.07, 6.45) is 0.920. The minimum atomic E-state index is -0.686. The van der Waals surface area contributed by atoms with Crippen LogP contribution < -0.4 is 5.32 Å². The van der Waals surface area contributed by atoms with Crippen LogP contribution in [0.3, 0.4) is 0 Å². The normalized spacial score (nSPS) is 14.6. The molecule has 0 aliphatic carbocycles. The second kappa shape index (κ2) is 6.52. The first-order valence-corrected chi connectivity index (χ1v) is 6.35. The van der Waals surface area contributed by atoms with E-state index < -0.39 is 23.8 Å². The summed E-state index contributed by atoms with van der Waals surface area (Å²) in [7, 11) is 0. The van der Waals surface area contributed by atoms with Gasteiger partial charge in [0.05, 0.1) is 12.1 Å². The van der Waals surface area contributed by atoms with Crippen LogP contribution in [0.25, 0.3) is 0 Å². The van der Waals surface area contributed by atoms with E-state index in [0.717, 1.165) is 5.69 Å². The number of carbonyl (C=O) groups is 1. The van der Waals surface area contributed by atoms with E-state index in [1.54, 1.807) is 33.9 Å². The minimum absolute atomic E-state index is 0.426. The zero-order valence-electron chi connectivity index (χ0n) is 11.9. The molecule has 1 unspecified atom stereocenters. The van der Waals surface area contributed by atoms with Crippen molar-refractivity contribution in [3.05, 3.63) is 30.1 Å². The van der Waals surface area contributed by atoms with Crippen molar-refractivity contribution in [2.45, 2.75) is 51.9 Å². The van der Waals surface area contributed by atoms with Crippen LogP contribution in [-0.2, 0) is 11.2 Å². The van der Waals surface area contributed by atoms with Crippen molar-refractivity contribution in [1.82, 2.24) is 10.3 Å². The summed E-state index contributed by atoms with van der Waals surface area (Å²) in [5, 5.41) is 12.4. The maximum Gasteiger partial charge on any atom is 0.407 e. The van der Waals surface area contributed by atoms with Crippen LogP contribution in [0.15, 0.2) is 24.4 Å². The van der Waals surface area contributed by atoms with Crippen LogP contribution >= 0.6 is 0 Å². The molecule has 0 aliphatic rings. The molecule has 1 aromatic heterocycles. The average molecular weight is 266 g/mol. The van der Waals surface area contributed by atoms with Crippen LogP contribution in [0.1, 0.15) is 33.4 Å². The van der Waals surface area contributed by atoms with Gasteiger partial charge in [-0.25, -0.2) is 4.79 Å². The van der Waals surface area contributed by atoms with E-state index in [1.807, 2.05) is 18.2 Å². The SMILES string of the molecule is CC(O)[C@@H](Cc1ccccn1)NC(=O)OC(C)(C)C. The topological polar surface area (TPSA) is 71.5 Å². The number of aliphatic hydroxyl groups is 1. The molecule has 0 saturated heterocycles. The van der Waals surface area contributed by atoms with Gasteiger partial charge in [0, 0.05) is 18.3 Å². The van der Waals surface area contributed by atoms with E-state index in [4.69, 9.17) is 4.74 Å². The minimum Gasteiger partial charge on any atom is -0.444 e. The molecule has 2 atom stereocenters. The highest BCUT2D eigenvalue weighted by Gasteiger charge is 2.22. The third-order valence-corrected chi connectivity index (χ3v) is 2.44. The number of aliphatic hydroxyl groups excluding tert-OH is 1. The summed E-state index contributed by atoms with van der Waals surface area (Å²) < 4.78 is 5.17. The molecule has 0 saturated carbocycles. The van der Waals surface area contributed by atoms with Gasteiger partial charge >= 0.3 is 6.09 Å². The number of ether oxygens (including phenoxy) is 1. The Morgan fingerprint density at radius 2 is 2.16 bits per heavy atom. The highest BCUT2D eigenvalue weighted by Crippen LogP contribution is 2.09. The molecule has 1 heterocycles. The van der Waals surface area contributed by atoms with Gasteiger partial charge in [0.25, 0.3) is 0 Å². The van der Waals surface area contributed by atoms with E-state index >= 15 is 0 Å². The standard InChI is InChI=1S/C14H22N2O3/c1-10(17)12(9-11-7-5-6-8-15-11)16-13(18)19-14(2,3)4/h5-8,10,12,17H,9H2,1-4H3,(H,16,18)/t10?,12-/m1/s1. The lowest BCUT2D eigenvalue weighted by molar-refractivity contribution is 0.0437. The van der Waals surface area contributed by atoms with Crippen molar-refractivity contribution < 1.29 is 14.6 Å². The molecule has 0 fully saturated rings.